The van der Waals surface area contributed by atoms with E-state index in [1.807, 2.05) is 12.1 Å². The molecular weight excluding hydrogens is 425 g/mol. The van der Waals surface area contributed by atoms with Gasteiger partial charge in [0.1, 0.15) is 5.82 Å². The second-order valence-corrected chi connectivity index (χ2v) is 8.02. The van der Waals surface area contributed by atoms with Gasteiger partial charge in [-0.25, -0.2) is 9.37 Å². The summed E-state index contributed by atoms with van der Waals surface area (Å²) < 4.78 is 14.1. The molecule has 132 valence electrons. The molecule has 1 fully saturated rings. The highest BCUT2D eigenvalue weighted by Gasteiger charge is 2.35. The van der Waals surface area contributed by atoms with Crippen LogP contribution in [0.15, 0.2) is 41.0 Å². The summed E-state index contributed by atoms with van der Waals surface area (Å²) in [5, 5.41) is 7.29. The number of benzene rings is 1. The van der Waals surface area contributed by atoms with Gasteiger partial charge >= 0.3 is 0 Å². The van der Waals surface area contributed by atoms with Crippen molar-refractivity contribution in [2.45, 2.75) is 31.1 Å². The van der Waals surface area contributed by atoms with Crippen LogP contribution in [-0.4, -0.2) is 16.6 Å². The van der Waals surface area contributed by atoms with E-state index in [1.165, 1.54) is 25.0 Å². The van der Waals surface area contributed by atoms with Gasteiger partial charge in [-0.05, 0) is 64.8 Å². The second-order valence-electron chi connectivity index (χ2n) is 6.29. The summed E-state index contributed by atoms with van der Waals surface area (Å²) in [7, 11) is 0. The molecule has 0 amide bonds. The second kappa shape index (κ2) is 7.98. The summed E-state index contributed by atoms with van der Waals surface area (Å²) >= 11 is 14.9. The molecule has 1 aromatic heterocycles. The Bertz CT molecular complexity index is 763. The maximum atomic E-state index is 13.3. The molecule has 25 heavy (non-hydrogen) atoms. The number of nitrogens with zero attached hydrogens (tertiary/aromatic N) is 1. The van der Waals surface area contributed by atoms with Gasteiger partial charge in [0.2, 0.25) is 0 Å². The van der Waals surface area contributed by atoms with Crippen LogP contribution >= 0.6 is 39.7 Å². The highest BCUT2D eigenvalue weighted by Crippen LogP contribution is 2.40. The van der Waals surface area contributed by atoms with E-state index in [-0.39, 0.29) is 11.2 Å². The zero-order chi connectivity index (χ0) is 17.9. The number of anilines is 1. The van der Waals surface area contributed by atoms with Crippen molar-refractivity contribution in [1.82, 2.24) is 10.3 Å². The number of nitrogens with one attached hydrogen (secondary N) is 2. The highest BCUT2D eigenvalue weighted by atomic mass is 79.9. The first-order valence-corrected chi connectivity index (χ1v) is 9.68. The first-order valence-electron chi connectivity index (χ1n) is 8.10. The fraction of sp³-hybridized carbons (Fsp3) is 0.333. The van der Waals surface area contributed by atoms with Gasteiger partial charge in [0, 0.05) is 22.6 Å². The van der Waals surface area contributed by atoms with Crippen LogP contribution in [0.25, 0.3) is 0 Å². The van der Waals surface area contributed by atoms with Crippen molar-refractivity contribution in [1.29, 1.82) is 0 Å². The topological polar surface area (TPSA) is 37.0 Å². The van der Waals surface area contributed by atoms with E-state index in [0.717, 1.165) is 22.9 Å². The van der Waals surface area contributed by atoms with E-state index in [0.29, 0.717) is 22.5 Å². The molecule has 2 aromatic rings. The number of rotatable bonds is 4. The summed E-state index contributed by atoms with van der Waals surface area (Å²) in [5.41, 5.74) is 1.14. The molecule has 3 nitrogen and oxygen atoms in total. The van der Waals surface area contributed by atoms with E-state index in [2.05, 4.69) is 31.5 Å². The number of aromatic nitrogens is 1. The average Bonchev–Trinajstić information content (AvgIpc) is 3.06. The minimum Gasteiger partial charge on any atom is -0.362 e. The molecule has 0 saturated heterocycles. The van der Waals surface area contributed by atoms with E-state index < -0.39 is 0 Å². The Balaban J connectivity index is 1.67. The van der Waals surface area contributed by atoms with Gasteiger partial charge in [0.25, 0.3) is 0 Å². The zero-order valence-electron chi connectivity index (χ0n) is 13.5. The van der Waals surface area contributed by atoms with Crippen LogP contribution in [0.3, 0.4) is 0 Å². The molecule has 0 atom stereocenters. The Morgan fingerprint density at radius 2 is 1.96 bits per heavy atom. The third-order valence-corrected chi connectivity index (χ3v) is 5.61. The number of hydrogen-bond donors (Lipinski definition) is 2. The van der Waals surface area contributed by atoms with Gasteiger partial charge in [0.05, 0.1) is 5.02 Å². The maximum Gasteiger partial charge on any atom is 0.172 e. The normalized spacial score (nSPS) is 15.8. The van der Waals surface area contributed by atoms with Crippen molar-refractivity contribution in [3.63, 3.8) is 0 Å². The Labute approximate surface area is 165 Å². The molecule has 0 bridgehead atoms. The minimum atomic E-state index is -0.210. The molecule has 0 unspecified atom stereocenters. The summed E-state index contributed by atoms with van der Waals surface area (Å²) in [6, 6.07) is 8.57. The molecule has 0 aliphatic heterocycles. The Kier molecular flexibility index (Phi) is 5.92. The third-order valence-electron chi connectivity index (χ3n) is 4.64. The van der Waals surface area contributed by atoms with Crippen molar-refractivity contribution in [2.75, 3.05) is 11.9 Å². The number of halogens is 3. The van der Waals surface area contributed by atoms with Gasteiger partial charge in [-0.2, -0.15) is 0 Å². The fourth-order valence-electron chi connectivity index (χ4n) is 3.33. The third kappa shape index (κ3) is 4.49. The van der Waals surface area contributed by atoms with E-state index >= 15 is 0 Å². The Morgan fingerprint density at radius 1 is 1.28 bits per heavy atom. The predicted octanol–water partition coefficient (Wildman–Crippen LogP) is 5.44. The van der Waals surface area contributed by atoms with Crippen molar-refractivity contribution in [3.8, 4) is 0 Å². The lowest BCUT2D eigenvalue weighted by atomic mass is 9.79. The summed E-state index contributed by atoms with van der Waals surface area (Å²) in [4.78, 5) is 4.22. The van der Waals surface area contributed by atoms with Crippen LogP contribution < -0.4 is 10.6 Å². The van der Waals surface area contributed by atoms with Crippen molar-refractivity contribution < 1.29 is 4.39 Å². The molecule has 0 radical (unpaired) electrons. The molecule has 3 rings (SSSR count). The predicted molar refractivity (Wildman–Crippen MR) is 108 cm³/mol. The Hall–Kier alpha value is -1.24. The molecule has 7 heteroatoms. The van der Waals surface area contributed by atoms with Crippen molar-refractivity contribution >= 4 is 50.7 Å². The zero-order valence-corrected chi connectivity index (χ0v) is 16.6. The minimum absolute atomic E-state index is 0.0175. The molecule has 1 aromatic carbocycles. The van der Waals surface area contributed by atoms with Crippen LogP contribution in [0, 0.1) is 5.82 Å². The standard InChI is InChI=1S/C18H18BrClFN3S/c19-13-9-15(20)16(22-10-13)24-17(25)23-11-18(7-1-2-8-18)12-3-5-14(21)6-4-12/h3-6,9-10H,1-2,7-8,11H2,(H2,22,23,24,25). The summed E-state index contributed by atoms with van der Waals surface area (Å²) in [6.07, 6.45) is 6.11. The van der Waals surface area contributed by atoms with Gasteiger partial charge in [0.15, 0.2) is 10.9 Å². The molecule has 1 saturated carbocycles. The summed E-state index contributed by atoms with van der Waals surface area (Å²) in [5.74, 6) is 0.308. The van der Waals surface area contributed by atoms with Crippen LogP contribution in [0.4, 0.5) is 10.2 Å². The average molecular weight is 443 g/mol. The van der Waals surface area contributed by atoms with E-state index in [1.54, 1.807) is 12.3 Å². The van der Waals surface area contributed by atoms with Crippen molar-refractivity contribution in [3.05, 3.63) is 57.4 Å². The van der Waals surface area contributed by atoms with Gasteiger partial charge in [-0.3, -0.25) is 0 Å². The quantitative estimate of drug-likeness (QED) is 0.619. The lowest BCUT2D eigenvalue weighted by Crippen LogP contribution is -2.40. The van der Waals surface area contributed by atoms with Gasteiger partial charge in [-0.1, -0.05) is 36.6 Å². The SMILES string of the molecule is Fc1ccc(C2(CNC(=S)Nc3ncc(Br)cc3Cl)CCCC2)cc1. The first kappa shape index (κ1) is 18.5. The Morgan fingerprint density at radius 3 is 2.60 bits per heavy atom. The summed E-state index contributed by atoms with van der Waals surface area (Å²) in [6.45, 7) is 0.693. The molecule has 1 heterocycles. The molecular formula is C18H18BrClFN3S. The smallest absolute Gasteiger partial charge is 0.172 e. The molecule has 2 N–H and O–H groups in total. The van der Waals surface area contributed by atoms with Crippen LogP contribution in [-0.2, 0) is 5.41 Å². The van der Waals surface area contributed by atoms with Crippen LogP contribution in [0.2, 0.25) is 5.02 Å². The van der Waals surface area contributed by atoms with E-state index in [4.69, 9.17) is 23.8 Å². The lowest BCUT2D eigenvalue weighted by Gasteiger charge is -2.30. The van der Waals surface area contributed by atoms with E-state index in [9.17, 15) is 4.39 Å². The van der Waals surface area contributed by atoms with Crippen LogP contribution in [0.1, 0.15) is 31.2 Å². The number of thiocarbonyl (C=S) groups is 1. The first-order chi connectivity index (χ1) is 12.0. The molecule has 0 spiro atoms. The molecule has 1 aliphatic carbocycles. The number of hydrogen-bond acceptors (Lipinski definition) is 2. The largest absolute Gasteiger partial charge is 0.362 e. The highest BCUT2D eigenvalue weighted by molar-refractivity contribution is 9.10. The lowest BCUT2D eigenvalue weighted by molar-refractivity contribution is 0.434. The van der Waals surface area contributed by atoms with Gasteiger partial charge in [-0.15, -0.1) is 0 Å². The van der Waals surface area contributed by atoms with Crippen LogP contribution in [0.5, 0.6) is 0 Å². The maximum absolute atomic E-state index is 13.3. The van der Waals surface area contributed by atoms with Crippen molar-refractivity contribution in [2.24, 2.45) is 0 Å². The molecule has 1 aliphatic rings. The monoisotopic (exact) mass is 441 g/mol. The number of pyridine rings is 1. The fourth-order valence-corrected chi connectivity index (χ4v) is 4.18. The van der Waals surface area contributed by atoms with Gasteiger partial charge < -0.3 is 10.6 Å².